The molecule has 2 heterocycles. The molecule has 0 spiro atoms. The Kier molecular flexibility index (Phi) is 5.53. The fourth-order valence-electron chi connectivity index (χ4n) is 3.52. The van der Waals surface area contributed by atoms with Crippen molar-refractivity contribution in [2.24, 2.45) is 0 Å². The van der Waals surface area contributed by atoms with Crippen LogP contribution in [0.5, 0.6) is 0 Å². The molecule has 9 heteroatoms. The number of piperidine rings is 1. The summed E-state index contributed by atoms with van der Waals surface area (Å²) in [5, 5.41) is 2.11. The summed E-state index contributed by atoms with van der Waals surface area (Å²) in [5.41, 5.74) is 1.43. The minimum atomic E-state index is -4.97. The largest absolute Gasteiger partial charge is 0.471 e. The highest BCUT2D eigenvalue weighted by Gasteiger charge is 2.42. The third kappa shape index (κ3) is 4.58. The van der Waals surface area contributed by atoms with Crippen LogP contribution in [0.15, 0.2) is 30.3 Å². The minimum Gasteiger partial charge on any atom is -0.354 e. The van der Waals surface area contributed by atoms with E-state index < -0.39 is 23.9 Å². The molecular formula is C19H20F4N4O. The van der Waals surface area contributed by atoms with Crippen molar-refractivity contribution in [1.29, 1.82) is 0 Å². The van der Waals surface area contributed by atoms with Crippen LogP contribution in [0.3, 0.4) is 0 Å². The first-order valence-corrected chi connectivity index (χ1v) is 8.84. The van der Waals surface area contributed by atoms with Gasteiger partial charge in [-0.2, -0.15) is 13.2 Å². The highest BCUT2D eigenvalue weighted by atomic mass is 19.4. The van der Waals surface area contributed by atoms with E-state index >= 15 is 0 Å². The summed E-state index contributed by atoms with van der Waals surface area (Å²) < 4.78 is 51.7. The Morgan fingerprint density at radius 3 is 2.46 bits per heavy atom. The van der Waals surface area contributed by atoms with Crippen LogP contribution < -0.4 is 10.2 Å². The Bertz CT molecular complexity index is 834. The SMILES string of the molecule is Cc1cc(N2CCC(c3ccc(F)cc3)C(NC(=O)C(F)(F)F)C2)nc(C)n1. The lowest BCUT2D eigenvalue weighted by atomic mass is 9.85. The van der Waals surface area contributed by atoms with Gasteiger partial charge in [0.1, 0.15) is 17.5 Å². The fraction of sp³-hybridized carbons (Fsp3) is 0.421. The Hall–Kier alpha value is -2.71. The number of rotatable bonds is 3. The molecular weight excluding hydrogens is 376 g/mol. The summed E-state index contributed by atoms with van der Waals surface area (Å²) >= 11 is 0. The molecule has 0 saturated carbocycles. The summed E-state index contributed by atoms with van der Waals surface area (Å²) in [6, 6.07) is 6.57. The summed E-state index contributed by atoms with van der Waals surface area (Å²) in [7, 11) is 0. The second kappa shape index (κ2) is 7.73. The number of nitrogens with zero attached hydrogens (tertiary/aromatic N) is 3. The maximum Gasteiger partial charge on any atom is 0.471 e. The van der Waals surface area contributed by atoms with Gasteiger partial charge in [0.05, 0.1) is 6.04 Å². The van der Waals surface area contributed by atoms with Gasteiger partial charge in [0.25, 0.3) is 0 Å². The maximum absolute atomic E-state index is 13.2. The van der Waals surface area contributed by atoms with Crippen molar-refractivity contribution >= 4 is 11.7 Å². The number of carbonyl (C=O) groups excluding carboxylic acids is 1. The third-order valence-corrected chi connectivity index (χ3v) is 4.76. The molecule has 1 aromatic heterocycles. The molecule has 2 atom stereocenters. The van der Waals surface area contributed by atoms with Gasteiger partial charge in [0, 0.05) is 30.8 Å². The van der Waals surface area contributed by atoms with Crippen LogP contribution in [0.2, 0.25) is 0 Å². The molecule has 3 rings (SSSR count). The molecule has 1 amide bonds. The van der Waals surface area contributed by atoms with Crippen LogP contribution in [-0.4, -0.2) is 41.2 Å². The number of amides is 1. The van der Waals surface area contributed by atoms with Crippen LogP contribution in [0, 0.1) is 19.7 Å². The topological polar surface area (TPSA) is 58.1 Å². The van der Waals surface area contributed by atoms with E-state index in [0.29, 0.717) is 30.2 Å². The predicted octanol–water partition coefficient (Wildman–Crippen LogP) is 3.27. The van der Waals surface area contributed by atoms with Crippen LogP contribution in [0.4, 0.5) is 23.4 Å². The first kappa shape index (κ1) is 20.0. The van der Waals surface area contributed by atoms with E-state index in [1.165, 1.54) is 12.1 Å². The molecule has 1 aromatic carbocycles. The van der Waals surface area contributed by atoms with E-state index in [-0.39, 0.29) is 12.5 Å². The van der Waals surface area contributed by atoms with Crippen LogP contribution in [0.25, 0.3) is 0 Å². The highest BCUT2D eigenvalue weighted by Crippen LogP contribution is 2.31. The summed E-state index contributed by atoms with van der Waals surface area (Å²) in [6.07, 6.45) is -4.49. The lowest BCUT2D eigenvalue weighted by Gasteiger charge is -2.40. The first-order valence-electron chi connectivity index (χ1n) is 8.84. The van der Waals surface area contributed by atoms with Gasteiger partial charge in [-0.05, 0) is 38.0 Å². The molecule has 150 valence electrons. The number of alkyl halides is 3. The highest BCUT2D eigenvalue weighted by molar-refractivity contribution is 5.82. The molecule has 0 bridgehead atoms. The van der Waals surface area contributed by atoms with E-state index in [0.717, 1.165) is 5.69 Å². The minimum absolute atomic E-state index is 0.153. The molecule has 5 nitrogen and oxygen atoms in total. The van der Waals surface area contributed by atoms with E-state index in [2.05, 4.69) is 15.3 Å². The van der Waals surface area contributed by atoms with Crippen molar-refractivity contribution in [1.82, 2.24) is 15.3 Å². The Morgan fingerprint density at radius 1 is 1.18 bits per heavy atom. The molecule has 1 aliphatic heterocycles. The molecule has 1 saturated heterocycles. The van der Waals surface area contributed by atoms with Crippen molar-refractivity contribution in [3.05, 3.63) is 53.2 Å². The first-order chi connectivity index (χ1) is 13.1. The van der Waals surface area contributed by atoms with E-state index in [4.69, 9.17) is 0 Å². The monoisotopic (exact) mass is 396 g/mol. The number of halogens is 4. The van der Waals surface area contributed by atoms with Crippen molar-refractivity contribution in [3.8, 4) is 0 Å². The number of hydrogen-bond donors (Lipinski definition) is 1. The van der Waals surface area contributed by atoms with E-state index in [9.17, 15) is 22.4 Å². The zero-order valence-corrected chi connectivity index (χ0v) is 15.4. The number of aryl methyl sites for hydroxylation is 2. The van der Waals surface area contributed by atoms with Gasteiger partial charge in [0.15, 0.2) is 0 Å². The van der Waals surface area contributed by atoms with Crippen molar-refractivity contribution in [2.45, 2.75) is 38.4 Å². The van der Waals surface area contributed by atoms with Gasteiger partial charge in [-0.25, -0.2) is 14.4 Å². The predicted molar refractivity (Wildman–Crippen MR) is 95.5 cm³/mol. The van der Waals surface area contributed by atoms with Gasteiger partial charge in [0.2, 0.25) is 0 Å². The number of anilines is 1. The second-order valence-corrected chi connectivity index (χ2v) is 6.89. The maximum atomic E-state index is 13.2. The Morgan fingerprint density at radius 2 is 1.86 bits per heavy atom. The summed E-state index contributed by atoms with van der Waals surface area (Å²) in [6.45, 7) is 4.24. The van der Waals surface area contributed by atoms with Crippen molar-refractivity contribution < 1.29 is 22.4 Å². The number of benzene rings is 1. The molecule has 2 aromatic rings. The molecule has 1 N–H and O–H groups in total. The smallest absolute Gasteiger partial charge is 0.354 e. The standard InChI is InChI=1S/C19H20F4N4O/c1-11-9-17(25-12(2)24-11)27-8-7-15(13-3-5-14(20)6-4-13)16(10-27)26-18(28)19(21,22)23/h3-6,9,15-16H,7-8,10H2,1-2H3,(H,26,28). The molecule has 2 unspecified atom stereocenters. The van der Waals surface area contributed by atoms with E-state index in [1.54, 1.807) is 25.1 Å². The van der Waals surface area contributed by atoms with E-state index in [1.807, 2.05) is 11.8 Å². The Balaban J connectivity index is 1.87. The molecule has 1 aliphatic rings. The fourth-order valence-corrected chi connectivity index (χ4v) is 3.52. The molecule has 28 heavy (non-hydrogen) atoms. The third-order valence-electron chi connectivity index (χ3n) is 4.76. The quantitative estimate of drug-likeness (QED) is 0.809. The molecule has 1 fully saturated rings. The van der Waals surface area contributed by atoms with Gasteiger partial charge in [-0.1, -0.05) is 12.1 Å². The van der Waals surface area contributed by atoms with Gasteiger partial charge in [-0.3, -0.25) is 4.79 Å². The number of carbonyl (C=O) groups is 1. The second-order valence-electron chi connectivity index (χ2n) is 6.89. The van der Waals surface area contributed by atoms with Crippen LogP contribution >= 0.6 is 0 Å². The molecule has 0 aliphatic carbocycles. The summed E-state index contributed by atoms with van der Waals surface area (Å²) in [4.78, 5) is 22.0. The molecule has 0 radical (unpaired) electrons. The van der Waals surface area contributed by atoms with Crippen LogP contribution in [-0.2, 0) is 4.79 Å². The zero-order chi connectivity index (χ0) is 20.5. The van der Waals surface area contributed by atoms with Gasteiger partial charge >= 0.3 is 12.1 Å². The average molecular weight is 396 g/mol. The normalized spacial score (nSPS) is 20.1. The van der Waals surface area contributed by atoms with Crippen LogP contribution in [0.1, 0.15) is 29.4 Å². The average Bonchev–Trinajstić information content (AvgIpc) is 2.61. The van der Waals surface area contributed by atoms with Crippen molar-refractivity contribution in [3.63, 3.8) is 0 Å². The van der Waals surface area contributed by atoms with Crippen molar-refractivity contribution in [2.75, 3.05) is 18.0 Å². The number of nitrogens with one attached hydrogen (secondary N) is 1. The van der Waals surface area contributed by atoms with Gasteiger partial charge in [-0.15, -0.1) is 0 Å². The number of aromatic nitrogens is 2. The zero-order valence-electron chi connectivity index (χ0n) is 15.4. The number of hydrogen-bond acceptors (Lipinski definition) is 4. The lowest BCUT2D eigenvalue weighted by Crippen LogP contribution is -2.54. The summed E-state index contributed by atoms with van der Waals surface area (Å²) in [5.74, 6) is -1.61. The Labute approximate surface area is 159 Å². The van der Waals surface area contributed by atoms with Gasteiger partial charge < -0.3 is 10.2 Å². The lowest BCUT2D eigenvalue weighted by molar-refractivity contribution is -0.174.